The molecule has 0 aliphatic carbocycles. The molecule has 0 fully saturated rings. The van der Waals surface area contributed by atoms with E-state index < -0.39 is 5.97 Å². The number of benzene rings is 1. The predicted molar refractivity (Wildman–Crippen MR) is 104 cm³/mol. The second-order valence-corrected chi connectivity index (χ2v) is 6.55. The summed E-state index contributed by atoms with van der Waals surface area (Å²) in [7, 11) is 1.62. The number of aromatic nitrogens is 1. The van der Waals surface area contributed by atoms with Crippen molar-refractivity contribution in [2.24, 2.45) is 0 Å². The Morgan fingerprint density at radius 1 is 1.19 bits per heavy atom. The molecule has 0 saturated heterocycles. The summed E-state index contributed by atoms with van der Waals surface area (Å²) in [6.07, 6.45) is 2.49. The second-order valence-electron chi connectivity index (χ2n) is 5.80. The fourth-order valence-electron chi connectivity index (χ4n) is 2.62. The zero-order valence-electron chi connectivity index (χ0n) is 14.6. The highest BCUT2D eigenvalue weighted by Crippen LogP contribution is 2.28. The summed E-state index contributed by atoms with van der Waals surface area (Å²) in [5.74, 6) is -0.533. The molecule has 2 aromatic heterocycles. The Morgan fingerprint density at radius 3 is 2.70 bits per heavy atom. The van der Waals surface area contributed by atoms with Gasteiger partial charge in [0.05, 0.1) is 24.1 Å². The first-order chi connectivity index (χ1) is 13.1. The molecular formula is C20H18N2O4S. The van der Waals surface area contributed by atoms with Gasteiger partial charge >= 0.3 is 5.97 Å². The number of aryl methyl sites for hydroxylation is 1. The van der Waals surface area contributed by atoms with Crippen LogP contribution in [0.2, 0.25) is 0 Å². The van der Waals surface area contributed by atoms with Gasteiger partial charge in [0.25, 0.3) is 0 Å². The average molecular weight is 382 g/mol. The van der Waals surface area contributed by atoms with Gasteiger partial charge in [-0.2, -0.15) is 0 Å². The van der Waals surface area contributed by atoms with Crippen LogP contribution in [0, 0.1) is 0 Å². The topological polar surface area (TPSA) is 88.5 Å². The third-order valence-corrected chi connectivity index (χ3v) is 4.76. The van der Waals surface area contributed by atoms with Crippen molar-refractivity contribution in [3.63, 3.8) is 0 Å². The molecule has 0 radical (unpaired) electrons. The predicted octanol–water partition coefficient (Wildman–Crippen LogP) is 4.09. The zero-order chi connectivity index (χ0) is 19.2. The van der Waals surface area contributed by atoms with E-state index in [2.05, 4.69) is 10.3 Å². The zero-order valence-corrected chi connectivity index (χ0v) is 15.5. The highest BCUT2D eigenvalue weighted by atomic mass is 32.1. The molecular weight excluding hydrogens is 364 g/mol. The van der Waals surface area contributed by atoms with Gasteiger partial charge in [-0.15, -0.1) is 11.3 Å². The first-order valence-corrected chi connectivity index (χ1v) is 9.20. The summed E-state index contributed by atoms with van der Waals surface area (Å²) in [5.41, 5.74) is 3.07. The van der Waals surface area contributed by atoms with Gasteiger partial charge in [0.15, 0.2) is 0 Å². The molecule has 2 N–H and O–H groups in total. The van der Waals surface area contributed by atoms with E-state index in [0.717, 1.165) is 22.6 Å². The molecule has 3 aromatic rings. The maximum absolute atomic E-state index is 12.1. The minimum absolute atomic E-state index is 0.108. The Labute approximate surface area is 160 Å². The van der Waals surface area contributed by atoms with Crippen molar-refractivity contribution in [3.05, 3.63) is 64.5 Å². The first-order valence-electron chi connectivity index (χ1n) is 8.26. The molecule has 0 unspecified atom stereocenters. The van der Waals surface area contributed by atoms with E-state index >= 15 is 0 Å². The molecule has 2 heterocycles. The van der Waals surface area contributed by atoms with Crippen molar-refractivity contribution < 1.29 is 19.4 Å². The van der Waals surface area contributed by atoms with E-state index in [1.807, 2.05) is 36.4 Å². The van der Waals surface area contributed by atoms with Crippen molar-refractivity contribution in [2.45, 2.75) is 12.8 Å². The van der Waals surface area contributed by atoms with Gasteiger partial charge in [0, 0.05) is 28.9 Å². The van der Waals surface area contributed by atoms with E-state index in [4.69, 9.17) is 9.84 Å². The van der Waals surface area contributed by atoms with Crippen LogP contribution in [-0.4, -0.2) is 29.1 Å². The van der Waals surface area contributed by atoms with Gasteiger partial charge < -0.3 is 15.2 Å². The number of carbonyl (C=O) groups is 2. The lowest BCUT2D eigenvalue weighted by atomic mass is 10.1. The molecule has 7 heteroatoms. The number of carboxylic acids is 1. The molecule has 3 rings (SSSR count). The molecule has 138 valence electrons. The number of para-hydroxylation sites is 1. The number of anilines is 1. The van der Waals surface area contributed by atoms with Crippen LogP contribution >= 0.6 is 11.3 Å². The van der Waals surface area contributed by atoms with E-state index in [1.165, 1.54) is 16.7 Å². The number of rotatable bonds is 7. The minimum Gasteiger partial charge on any atom is -0.496 e. The number of hydrogen-bond donors (Lipinski definition) is 2. The molecule has 0 bridgehead atoms. The molecule has 0 aliphatic heterocycles. The lowest BCUT2D eigenvalue weighted by Crippen LogP contribution is -2.14. The third-order valence-electron chi connectivity index (χ3n) is 4.01. The van der Waals surface area contributed by atoms with Gasteiger partial charge in [-0.1, -0.05) is 18.2 Å². The Kier molecular flexibility index (Phi) is 5.83. The number of carboxylic acid groups (broad SMARTS) is 1. The number of aromatic carboxylic acids is 1. The SMILES string of the molecule is COc1ccccc1-c1ccc(CCC(=O)Nc2cscc2C(=O)O)cn1. The lowest BCUT2D eigenvalue weighted by Gasteiger charge is -2.08. The number of ether oxygens (including phenoxy) is 1. The van der Waals surface area contributed by atoms with Crippen LogP contribution < -0.4 is 10.1 Å². The molecule has 0 atom stereocenters. The summed E-state index contributed by atoms with van der Waals surface area (Å²) in [6.45, 7) is 0. The summed E-state index contributed by atoms with van der Waals surface area (Å²) in [5, 5.41) is 14.8. The first kappa shape index (κ1) is 18.6. The maximum atomic E-state index is 12.1. The van der Waals surface area contributed by atoms with E-state index in [1.54, 1.807) is 18.7 Å². The fraction of sp³-hybridized carbons (Fsp3) is 0.150. The summed E-state index contributed by atoms with van der Waals surface area (Å²) < 4.78 is 5.35. The number of nitrogens with one attached hydrogen (secondary N) is 1. The van der Waals surface area contributed by atoms with Crippen LogP contribution in [-0.2, 0) is 11.2 Å². The van der Waals surface area contributed by atoms with Crippen molar-refractivity contribution in [2.75, 3.05) is 12.4 Å². The van der Waals surface area contributed by atoms with Gasteiger partial charge in [-0.3, -0.25) is 9.78 Å². The Morgan fingerprint density at radius 2 is 2.00 bits per heavy atom. The average Bonchev–Trinajstić information content (AvgIpc) is 3.15. The largest absolute Gasteiger partial charge is 0.496 e. The van der Waals surface area contributed by atoms with Crippen LogP contribution in [0.15, 0.2) is 53.4 Å². The summed E-state index contributed by atoms with van der Waals surface area (Å²) >= 11 is 1.24. The normalized spacial score (nSPS) is 10.4. The summed E-state index contributed by atoms with van der Waals surface area (Å²) in [6, 6.07) is 11.5. The quantitative estimate of drug-likeness (QED) is 0.643. The van der Waals surface area contributed by atoms with Crippen molar-refractivity contribution >= 4 is 28.9 Å². The van der Waals surface area contributed by atoms with Gasteiger partial charge in [0.2, 0.25) is 5.91 Å². The Balaban J connectivity index is 1.61. The lowest BCUT2D eigenvalue weighted by molar-refractivity contribution is -0.116. The highest BCUT2D eigenvalue weighted by molar-refractivity contribution is 7.08. The Bertz CT molecular complexity index is 951. The number of carbonyl (C=O) groups excluding carboxylic acids is 1. The van der Waals surface area contributed by atoms with Gasteiger partial charge in [-0.25, -0.2) is 4.79 Å². The monoisotopic (exact) mass is 382 g/mol. The van der Waals surface area contributed by atoms with Crippen molar-refractivity contribution in [1.29, 1.82) is 0 Å². The van der Waals surface area contributed by atoms with Crippen LogP contribution in [0.4, 0.5) is 5.69 Å². The third kappa shape index (κ3) is 4.51. The molecule has 6 nitrogen and oxygen atoms in total. The van der Waals surface area contributed by atoms with E-state index in [9.17, 15) is 9.59 Å². The summed E-state index contributed by atoms with van der Waals surface area (Å²) in [4.78, 5) is 27.6. The van der Waals surface area contributed by atoms with Gasteiger partial charge in [-0.05, 0) is 30.2 Å². The fourth-order valence-corrected chi connectivity index (χ4v) is 3.37. The van der Waals surface area contributed by atoms with E-state index in [0.29, 0.717) is 12.1 Å². The minimum atomic E-state index is -1.05. The van der Waals surface area contributed by atoms with E-state index in [-0.39, 0.29) is 17.9 Å². The second kappa shape index (κ2) is 8.46. The number of amides is 1. The molecule has 1 aromatic carbocycles. The molecule has 0 saturated carbocycles. The number of nitrogens with zero attached hydrogens (tertiary/aromatic N) is 1. The van der Waals surface area contributed by atoms with Crippen molar-refractivity contribution in [1.82, 2.24) is 4.98 Å². The van der Waals surface area contributed by atoms with Crippen LogP contribution in [0.3, 0.4) is 0 Å². The van der Waals surface area contributed by atoms with Gasteiger partial charge in [0.1, 0.15) is 5.75 Å². The maximum Gasteiger partial charge on any atom is 0.338 e. The number of pyridine rings is 1. The number of thiophene rings is 1. The molecule has 0 spiro atoms. The molecule has 0 aliphatic rings. The van der Waals surface area contributed by atoms with Crippen molar-refractivity contribution in [3.8, 4) is 17.0 Å². The standard InChI is InChI=1S/C20H18N2O4S/c1-26-18-5-3-2-4-14(18)16-8-6-13(10-21-16)7-9-19(23)22-17-12-27-11-15(17)20(24)25/h2-6,8,10-12H,7,9H2,1H3,(H,22,23)(H,24,25). The molecule has 1 amide bonds. The van der Waals surface area contributed by atoms with Crippen LogP contribution in [0.25, 0.3) is 11.3 Å². The smallest absolute Gasteiger partial charge is 0.338 e. The van der Waals surface area contributed by atoms with Crippen LogP contribution in [0.5, 0.6) is 5.75 Å². The number of methoxy groups -OCH3 is 1. The number of hydrogen-bond acceptors (Lipinski definition) is 5. The molecule has 27 heavy (non-hydrogen) atoms. The Hall–Kier alpha value is -3.19. The highest BCUT2D eigenvalue weighted by Gasteiger charge is 2.13. The van der Waals surface area contributed by atoms with Crippen LogP contribution in [0.1, 0.15) is 22.3 Å².